The van der Waals surface area contributed by atoms with Crippen molar-refractivity contribution in [3.8, 4) is 10.4 Å². The van der Waals surface area contributed by atoms with Crippen molar-refractivity contribution in [2.45, 2.75) is 6.92 Å². The summed E-state index contributed by atoms with van der Waals surface area (Å²) in [6, 6.07) is 12.6. The monoisotopic (exact) mass is 307 g/mol. The van der Waals surface area contributed by atoms with Crippen molar-refractivity contribution in [1.82, 2.24) is 0 Å². The van der Waals surface area contributed by atoms with Crippen LogP contribution in [0.5, 0.6) is 0 Å². The predicted molar refractivity (Wildman–Crippen MR) is 80.2 cm³/mol. The topological polar surface area (TPSA) is 26.0 Å². The first-order valence-corrected chi connectivity index (χ1v) is 7.03. The van der Waals surface area contributed by atoms with Gasteiger partial charge in [0, 0.05) is 26.3 Å². The fourth-order valence-corrected chi connectivity index (χ4v) is 3.24. The van der Waals surface area contributed by atoms with Crippen molar-refractivity contribution in [2.24, 2.45) is 5.73 Å². The third kappa shape index (κ3) is 3.06. The molecule has 0 radical (unpaired) electrons. The number of benzene rings is 1. The van der Waals surface area contributed by atoms with E-state index in [0.717, 1.165) is 4.47 Å². The molecule has 0 atom stereocenters. The molecule has 0 bridgehead atoms. The molecule has 2 aromatic rings. The summed E-state index contributed by atoms with van der Waals surface area (Å²) in [7, 11) is 0. The molecule has 2 N–H and O–H groups in total. The quantitative estimate of drug-likeness (QED) is 0.885. The summed E-state index contributed by atoms with van der Waals surface area (Å²) in [5, 5.41) is 0. The highest BCUT2D eigenvalue weighted by Gasteiger charge is 2.04. The summed E-state index contributed by atoms with van der Waals surface area (Å²) in [6.45, 7) is 2.67. The number of halogens is 1. The largest absolute Gasteiger partial charge is 0.327 e. The Morgan fingerprint density at radius 1 is 1.29 bits per heavy atom. The molecule has 1 aromatic heterocycles. The highest BCUT2D eigenvalue weighted by Crippen LogP contribution is 2.34. The van der Waals surface area contributed by atoms with Crippen LogP contribution in [-0.2, 0) is 0 Å². The highest BCUT2D eigenvalue weighted by atomic mass is 79.9. The van der Waals surface area contributed by atoms with Crippen molar-refractivity contribution >= 4 is 33.3 Å². The molecule has 0 spiro atoms. The minimum Gasteiger partial charge on any atom is -0.327 e. The van der Waals surface area contributed by atoms with Crippen LogP contribution in [0.2, 0.25) is 0 Å². The van der Waals surface area contributed by atoms with Crippen LogP contribution in [0, 0.1) is 0 Å². The second-order valence-electron chi connectivity index (χ2n) is 3.88. The lowest BCUT2D eigenvalue weighted by atomic mass is 10.2. The van der Waals surface area contributed by atoms with Gasteiger partial charge in [0.1, 0.15) is 0 Å². The van der Waals surface area contributed by atoms with Crippen molar-refractivity contribution in [1.29, 1.82) is 0 Å². The molecule has 0 aliphatic heterocycles. The Bertz CT molecular complexity index is 543. The lowest BCUT2D eigenvalue weighted by molar-refractivity contribution is 1.15. The fraction of sp³-hybridized carbons (Fsp3) is 0.143. The van der Waals surface area contributed by atoms with Crippen LogP contribution >= 0.6 is 27.3 Å². The van der Waals surface area contributed by atoms with Crippen molar-refractivity contribution < 1.29 is 0 Å². The van der Waals surface area contributed by atoms with E-state index in [1.165, 1.54) is 20.9 Å². The van der Waals surface area contributed by atoms with Gasteiger partial charge >= 0.3 is 0 Å². The molecule has 2 rings (SSSR count). The van der Waals surface area contributed by atoms with Crippen molar-refractivity contribution in [2.75, 3.05) is 6.54 Å². The molecule has 0 aliphatic carbocycles. The molecule has 0 unspecified atom stereocenters. The second-order valence-corrected chi connectivity index (χ2v) is 5.85. The van der Waals surface area contributed by atoms with E-state index in [4.69, 9.17) is 5.73 Å². The maximum absolute atomic E-state index is 5.59. The van der Waals surface area contributed by atoms with Crippen LogP contribution in [0.4, 0.5) is 0 Å². The Labute approximate surface area is 114 Å². The molecule has 0 amide bonds. The van der Waals surface area contributed by atoms with Gasteiger partial charge < -0.3 is 5.73 Å². The SMILES string of the molecule is CC(=Cc1ccc(-c2ccccc2Br)s1)CN. The number of hydrogen-bond acceptors (Lipinski definition) is 2. The van der Waals surface area contributed by atoms with Crippen molar-refractivity contribution in [3.63, 3.8) is 0 Å². The summed E-state index contributed by atoms with van der Waals surface area (Å²) in [5.41, 5.74) is 8.03. The molecule has 17 heavy (non-hydrogen) atoms. The van der Waals surface area contributed by atoms with Gasteiger partial charge in [0.15, 0.2) is 0 Å². The standard InChI is InChI=1S/C14H14BrNS/c1-10(9-16)8-11-6-7-14(17-11)12-4-2-3-5-13(12)15/h2-8H,9,16H2,1H3. The average molecular weight is 308 g/mol. The number of rotatable bonds is 3. The van der Waals surface area contributed by atoms with E-state index >= 15 is 0 Å². The van der Waals surface area contributed by atoms with Crippen LogP contribution in [0.25, 0.3) is 16.5 Å². The number of nitrogens with two attached hydrogens (primary N) is 1. The van der Waals surface area contributed by atoms with Gasteiger partial charge in [-0.05, 0) is 31.2 Å². The smallest absolute Gasteiger partial charge is 0.0360 e. The Kier molecular flexibility index (Phi) is 4.15. The normalized spacial score (nSPS) is 11.8. The van der Waals surface area contributed by atoms with Crippen LogP contribution in [0.1, 0.15) is 11.8 Å². The van der Waals surface area contributed by atoms with Gasteiger partial charge in [-0.3, -0.25) is 0 Å². The molecule has 3 heteroatoms. The van der Waals surface area contributed by atoms with E-state index in [-0.39, 0.29) is 0 Å². The Hall–Kier alpha value is -0.900. The molecule has 0 aliphatic rings. The van der Waals surface area contributed by atoms with E-state index in [2.05, 4.69) is 59.3 Å². The Balaban J connectivity index is 2.34. The summed E-state index contributed by atoms with van der Waals surface area (Å²) >= 11 is 5.36. The lowest BCUT2D eigenvalue weighted by Gasteiger charge is -1.99. The van der Waals surface area contributed by atoms with E-state index in [1.54, 1.807) is 11.3 Å². The molecule has 0 saturated heterocycles. The molecular formula is C14H14BrNS. The number of hydrogen-bond donors (Lipinski definition) is 1. The van der Waals surface area contributed by atoms with Crippen LogP contribution in [0.3, 0.4) is 0 Å². The van der Waals surface area contributed by atoms with Gasteiger partial charge in [-0.1, -0.05) is 39.7 Å². The molecule has 0 saturated carbocycles. The van der Waals surface area contributed by atoms with E-state index in [9.17, 15) is 0 Å². The number of thiophene rings is 1. The zero-order chi connectivity index (χ0) is 12.3. The lowest BCUT2D eigenvalue weighted by Crippen LogP contribution is -1.98. The summed E-state index contributed by atoms with van der Waals surface area (Å²) in [4.78, 5) is 2.52. The van der Waals surface area contributed by atoms with Crippen LogP contribution in [-0.4, -0.2) is 6.54 Å². The third-order valence-electron chi connectivity index (χ3n) is 2.48. The minimum atomic E-state index is 0.613. The molecule has 1 heterocycles. The van der Waals surface area contributed by atoms with Gasteiger partial charge in [0.05, 0.1) is 0 Å². The molecular weight excluding hydrogens is 294 g/mol. The summed E-state index contributed by atoms with van der Waals surface area (Å²) < 4.78 is 1.13. The van der Waals surface area contributed by atoms with E-state index in [1.807, 2.05) is 6.07 Å². The van der Waals surface area contributed by atoms with Gasteiger partial charge in [-0.2, -0.15) is 0 Å². The van der Waals surface area contributed by atoms with Gasteiger partial charge in [-0.25, -0.2) is 0 Å². The van der Waals surface area contributed by atoms with Gasteiger partial charge in [-0.15, -0.1) is 11.3 Å². The van der Waals surface area contributed by atoms with Crippen LogP contribution < -0.4 is 5.73 Å². The zero-order valence-electron chi connectivity index (χ0n) is 9.61. The molecule has 1 nitrogen and oxygen atoms in total. The predicted octanol–water partition coefficient (Wildman–Crippen LogP) is 4.54. The molecule has 0 fully saturated rings. The molecule has 1 aromatic carbocycles. The Morgan fingerprint density at radius 2 is 2.06 bits per heavy atom. The Morgan fingerprint density at radius 3 is 2.76 bits per heavy atom. The van der Waals surface area contributed by atoms with Crippen molar-refractivity contribution in [3.05, 3.63) is 51.3 Å². The zero-order valence-corrected chi connectivity index (χ0v) is 12.0. The average Bonchev–Trinajstić information content (AvgIpc) is 2.78. The third-order valence-corrected chi connectivity index (χ3v) is 4.23. The first-order valence-electron chi connectivity index (χ1n) is 5.42. The molecule has 88 valence electrons. The minimum absolute atomic E-state index is 0.613. The van der Waals surface area contributed by atoms with E-state index < -0.39 is 0 Å². The maximum atomic E-state index is 5.59. The first kappa shape index (κ1) is 12.6. The van der Waals surface area contributed by atoms with Gasteiger partial charge in [0.25, 0.3) is 0 Å². The summed E-state index contributed by atoms with van der Waals surface area (Å²) in [5.74, 6) is 0. The fourth-order valence-electron chi connectivity index (χ4n) is 1.54. The second kappa shape index (κ2) is 5.63. The van der Waals surface area contributed by atoms with Gasteiger partial charge in [0.2, 0.25) is 0 Å². The summed E-state index contributed by atoms with van der Waals surface area (Å²) in [6.07, 6.45) is 2.14. The maximum Gasteiger partial charge on any atom is 0.0360 e. The van der Waals surface area contributed by atoms with E-state index in [0.29, 0.717) is 6.54 Å². The first-order chi connectivity index (χ1) is 8.20. The highest BCUT2D eigenvalue weighted by molar-refractivity contribution is 9.10. The van der Waals surface area contributed by atoms with Crippen LogP contribution in [0.15, 0.2) is 46.4 Å².